The molecule has 0 aliphatic carbocycles. The van der Waals surface area contributed by atoms with Crippen LogP contribution in [-0.4, -0.2) is 84.6 Å². The number of likely N-dealkylation sites (tertiary alicyclic amines) is 1. The Morgan fingerprint density at radius 1 is 1.07 bits per heavy atom. The van der Waals surface area contributed by atoms with E-state index in [-0.39, 0.29) is 6.04 Å². The van der Waals surface area contributed by atoms with E-state index in [1.807, 2.05) is 23.9 Å². The summed E-state index contributed by atoms with van der Waals surface area (Å²) in [6.07, 6.45) is 2.58. The summed E-state index contributed by atoms with van der Waals surface area (Å²) < 4.78 is 0. The van der Waals surface area contributed by atoms with Crippen molar-refractivity contribution in [2.75, 3.05) is 56.6 Å². The minimum Gasteiger partial charge on any atom is -0.369 e. The Hall–Kier alpha value is -2.41. The number of carbonyl (C=O) groups excluding carboxylic acids is 1. The van der Waals surface area contributed by atoms with E-state index in [0.29, 0.717) is 11.9 Å². The molecule has 1 atom stereocenters. The molecule has 3 heterocycles. The Labute approximate surface area is 166 Å². The van der Waals surface area contributed by atoms with Crippen LogP contribution in [0.4, 0.5) is 11.5 Å². The summed E-state index contributed by atoms with van der Waals surface area (Å²) in [4.78, 5) is 30.3. The smallest absolute Gasteiger partial charge is 0.240 e. The van der Waals surface area contributed by atoms with Gasteiger partial charge in [0.1, 0.15) is 12.1 Å². The zero-order chi connectivity index (χ0) is 19.8. The van der Waals surface area contributed by atoms with E-state index in [1.54, 1.807) is 6.33 Å². The van der Waals surface area contributed by atoms with Crippen molar-refractivity contribution in [1.82, 2.24) is 19.8 Å². The third-order valence-electron chi connectivity index (χ3n) is 5.98. The van der Waals surface area contributed by atoms with E-state index in [9.17, 15) is 4.79 Å². The number of aromatic nitrogens is 2. The molecule has 0 N–H and O–H groups in total. The summed E-state index contributed by atoms with van der Waals surface area (Å²) in [7, 11) is 4.01. The van der Waals surface area contributed by atoms with Crippen molar-refractivity contribution in [1.29, 1.82) is 0 Å². The van der Waals surface area contributed by atoms with E-state index in [0.717, 1.165) is 55.9 Å². The van der Waals surface area contributed by atoms with Crippen LogP contribution in [-0.2, 0) is 4.79 Å². The molecule has 2 aromatic rings. The number of carbonyl (C=O) groups is 1. The molecule has 7 nitrogen and oxygen atoms in total. The highest BCUT2D eigenvalue weighted by Gasteiger charge is 2.38. The molecule has 2 saturated heterocycles. The SMILES string of the molecule is CC(C)N1CCC(N2CCN(c3ccc4ncnc(N(C)C)c4c3)CC2)C1=O. The van der Waals surface area contributed by atoms with Gasteiger partial charge in [-0.3, -0.25) is 9.69 Å². The molecule has 28 heavy (non-hydrogen) atoms. The minimum absolute atomic E-state index is 0.0647. The van der Waals surface area contributed by atoms with Crippen molar-refractivity contribution in [3.8, 4) is 0 Å². The molecular formula is C21H30N6O. The summed E-state index contributed by atoms with van der Waals surface area (Å²) in [5.74, 6) is 1.25. The summed E-state index contributed by atoms with van der Waals surface area (Å²) >= 11 is 0. The van der Waals surface area contributed by atoms with Crippen molar-refractivity contribution in [2.24, 2.45) is 0 Å². The van der Waals surface area contributed by atoms with Gasteiger partial charge in [0.2, 0.25) is 5.91 Å². The van der Waals surface area contributed by atoms with Gasteiger partial charge in [0.25, 0.3) is 0 Å². The number of rotatable bonds is 4. The van der Waals surface area contributed by atoms with E-state index >= 15 is 0 Å². The summed E-state index contributed by atoms with van der Waals surface area (Å²) in [6, 6.07) is 6.78. The van der Waals surface area contributed by atoms with Gasteiger partial charge >= 0.3 is 0 Å². The Morgan fingerprint density at radius 3 is 2.46 bits per heavy atom. The lowest BCUT2D eigenvalue weighted by Gasteiger charge is -2.38. The lowest BCUT2D eigenvalue weighted by atomic mass is 10.1. The molecule has 150 valence electrons. The second-order valence-corrected chi connectivity index (χ2v) is 8.25. The Balaban J connectivity index is 1.47. The van der Waals surface area contributed by atoms with Crippen LogP contribution >= 0.6 is 0 Å². The van der Waals surface area contributed by atoms with Gasteiger partial charge in [-0.25, -0.2) is 9.97 Å². The fourth-order valence-electron chi connectivity index (χ4n) is 4.41. The van der Waals surface area contributed by atoms with Crippen LogP contribution in [0, 0.1) is 0 Å². The third kappa shape index (κ3) is 3.39. The fraction of sp³-hybridized carbons (Fsp3) is 0.571. The number of hydrogen-bond acceptors (Lipinski definition) is 6. The highest BCUT2D eigenvalue weighted by atomic mass is 16.2. The number of anilines is 2. The molecule has 0 spiro atoms. The number of piperazine rings is 1. The standard InChI is InChI=1S/C21H30N6O/c1-15(2)27-8-7-19(21(27)28)26-11-9-25(10-12-26)16-5-6-18-17(13-16)20(24(3)4)23-14-22-18/h5-6,13-15,19H,7-12H2,1-4H3. The molecule has 7 heteroatoms. The highest BCUT2D eigenvalue weighted by Crippen LogP contribution is 2.28. The van der Waals surface area contributed by atoms with Crippen LogP contribution in [0.2, 0.25) is 0 Å². The average Bonchev–Trinajstić information content (AvgIpc) is 3.08. The topological polar surface area (TPSA) is 55.8 Å². The van der Waals surface area contributed by atoms with Crippen molar-refractivity contribution in [3.63, 3.8) is 0 Å². The van der Waals surface area contributed by atoms with Crippen molar-refractivity contribution in [3.05, 3.63) is 24.5 Å². The number of hydrogen-bond donors (Lipinski definition) is 0. The summed E-state index contributed by atoms with van der Waals surface area (Å²) in [6.45, 7) is 8.80. The molecular weight excluding hydrogens is 352 g/mol. The number of amides is 1. The first-order valence-corrected chi connectivity index (χ1v) is 10.2. The fourth-order valence-corrected chi connectivity index (χ4v) is 4.41. The van der Waals surface area contributed by atoms with E-state index in [2.05, 4.69) is 51.8 Å². The maximum atomic E-state index is 12.7. The molecule has 2 aliphatic heterocycles. The van der Waals surface area contributed by atoms with E-state index < -0.39 is 0 Å². The van der Waals surface area contributed by atoms with Gasteiger partial charge in [-0.15, -0.1) is 0 Å². The predicted molar refractivity (Wildman–Crippen MR) is 113 cm³/mol. The van der Waals surface area contributed by atoms with Crippen molar-refractivity contribution < 1.29 is 4.79 Å². The zero-order valence-electron chi connectivity index (χ0n) is 17.3. The van der Waals surface area contributed by atoms with Crippen LogP contribution in [0.1, 0.15) is 20.3 Å². The first-order chi connectivity index (χ1) is 13.5. The number of benzene rings is 1. The average molecular weight is 383 g/mol. The lowest BCUT2D eigenvalue weighted by Crippen LogP contribution is -2.53. The molecule has 1 aromatic heterocycles. The van der Waals surface area contributed by atoms with Crippen LogP contribution in [0.15, 0.2) is 24.5 Å². The molecule has 1 unspecified atom stereocenters. The molecule has 0 saturated carbocycles. The maximum absolute atomic E-state index is 12.7. The molecule has 2 fully saturated rings. The second kappa shape index (κ2) is 7.54. The zero-order valence-corrected chi connectivity index (χ0v) is 17.3. The van der Waals surface area contributed by atoms with Gasteiger partial charge < -0.3 is 14.7 Å². The molecule has 0 radical (unpaired) electrons. The van der Waals surface area contributed by atoms with E-state index in [4.69, 9.17) is 0 Å². The number of nitrogens with zero attached hydrogens (tertiary/aromatic N) is 6. The maximum Gasteiger partial charge on any atom is 0.240 e. The van der Waals surface area contributed by atoms with Crippen LogP contribution in [0.3, 0.4) is 0 Å². The van der Waals surface area contributed by atoms with Gasteiger partial charge in [0.15, 0.2) is 0 Å². The molecule has 1 amide bonds. The Morgan fingerprint density at radius 2 is 1.82 bits per heavy atom. The van der Waals surface area contributed by atoms with E-state index in [1.165, 1.54) is 5.69 Å². The molecule has 4 rings (SSSR count). The van der Waals surface area contributed by atoms with Gasteiger partial charge in [-0.1, -0.05) is 0 Å². The highest BCUT2D eigenvalue weighted by molar-refractivity contribution is 5.91. The molecule has 1 aromatic carbocycles. The van der Waals surface area contributed by atoms with Gasteiger partial charge in [0, 0.05) is 63.9 Å². The normalized spacial score (nSPS) is 21.2. The second-order valence-electron chi connectivity index (χ2n) is 8.25. The largest absolute Gasteiger partial charge is 0.369 e. The van der Waals surface area contributed by atoms with Gasteiger partial charge in [-0.2, -0.15) is 0 Å². The molecule has 2 aliphatic rings. The van der Waals surface area contributed by atoms with Crippen LogP contribution in [0.25, 0.3) is 10.9 Å². The molecule has 0 bridgehead atoms. The van der Waals surface area contributed by atoms with Crippen molar-refractivity contribution in [2.45, 2.75) is 32.4 Å². The van der Waals surface area contributed by atoms with Crippen molar-refractivity contribution >= 4 is 28.3 Å². The van der Waals surface area contributed by atoms with Gasteiger partial charge in [0.05, 0.1) is 11.6 Å². The third-order valence-corrected chi connectivity index (χ3v) is 5.98. The number of fused-ring (bicyclic) bond motifs is 1. The quantitative estimate of drug-likeness (QED) is 0.804. The summed E-state index contributed by atoms with van der Waals surface area (Å²) in [5, 5.41) is 1.07. The van der Waals surface area contributed by atoms with Crippen LogP contribution in [0.5, 0.6) is 0 Å². The first kappa shape index (κ1) is 18.9. The monoisotopic (exact) mass is 382 g/mol. The predicted octanol–water partition coefficient (Wildman–Crippen LogP) is 1.83. The Kier molecular flexibility index (Phi) is 5.10. The lowest BCUT2D eigenvalue weighted by molar-refractivity contribution is -0.133. The first-order valence-electron chi connectivity index (χ1n) is 10.2. The summed E-state index contributed by atoms with van der Waals surface area (Å²) in [5.41, 5.74) is 2.16. The Bertz CT molecular complexity index is 859. The van der Waals surface area contributed by atoms with Crippen LogP contribution < -0.4 is 9.80 Å². The minimum atomic E-state index is 0.0647. The van der Waals surface area contributed by atoms with Gasteiger partial charge in [-0.05, 0) is 38.5 Å².